The molecule has 1 aromatic carbocycles. The topological polar surface area (TPSA) is 30.0 Å². The van der Waals surface area contributed by atoms with E-state index < -0.39 is 17.1 Å². The van der Waals surface area contributed by atoms with Gasteiger partial charge in [0.25, 0.3) is 0 Å². The lowest BCUT2D eigenvalue weighted by Gasteiger charge is -2.08. The van der Waals surface area contributed by atoms with Crippen LogP contribution in [0.15, 0.2) is 36.5 Å². The number of aromatic nitrogens is 1. The fourth-order valence-corrected chi connectivity index (χ4v) is 2.44. The highest BCUT2D eigenvalue weighted by molar-refractivity contribution is 7.13. The summed E-state index contributed by atoms with van der Waals surface area (Å²) in [5.41, 5.74) is 0.773. The minimum absolute atomic E-state index is 0.0312. The number of Topliss-reactive ketones (excluding diaryl/α,β-unsaturated/α-hetero) is 1. The molecule has 6 heteroatoms. The third-order valence-corrected chi connectivity index (χ3v) is 3.74. The summed E-state index contributed by atoms with van der Waals surface area (Å²) in [4.78, 5) is 15.4. The number of nitrogens with zero attached hydrogens (tertiary/aromatic N) is 1. The predicted octanol–water partition coefficient (Wildman–Crippen LogP) is 4.15. The lowest BCUT2D eigenvalue weighted by molar-refractivity contribution is -0.137. The number of hydrogen-bond acceptors (Lipinski definition) is 3. The lowest BCUT2D eigenvalue weighted by Crippen LogP contribution is -2.07. The van der Waals surface area contributed by atoms with Gasteiger partial charge in [-0.2, -0.15) is 13.2 Å². The summed E-state index contributed by atoms with van der Waals surface area (Å²) >= 11 is 0.385. The van der Waals surface area contributed by atoms with Crippen molar-refractivity contribution in [3.63, 3.8) is 0 Å². The third-order valence-electron chi connectivity index (χ3n) is 2.68. The summed E-state index contributed by atoms with van der Waals surface area (Å²) < 4.78 is 37.3. The van der Waals surface area contributed by atoms with E-state index in [9.17, 15) is 18.0 Å². The van der Waals surface area contributed by atoms with Crippen LogP contribution < -0.4 is 0 Å². The highest BCUT2D eigenvalue weighted by atomic mass is 32.1. The Kier molecular flexibility index (Phi) is 3.71. The molecule has 0 bridgehead atoms. The van der Waals surface area contributed by atoms with Crippen LogP contribution in [0.1, 0.15) is 33.1 Å². The van der Waals surface area contributed by atoms with E-state index in [0.29, 0.717) is 11.3 Å². The van der Waals surface area contributed by atoms with Crippen molar-refractivity contribution in [2.45, 2.75) is 19.0 Å². The number of halogens is 3. The number of benzene rings is 1. The first-order valence-corrected chi connectivity index (χ1v) is 6.33. The molecule has 0 saturated heterocycles. The fourth-order valence-electron chi connectivity index (χ4n) is 1.63. The zero-order chi connectivity index (χ0) is 14.0. The van der Waals surface area contributed by atoms with Crippen molar-refractivity contribution in [3.05, 3.63) is 52.0 Å². The molecule has 2 aromatic rings. The maximum absolute atomic E-state index is 12.4. The minimum atomic E-state index is -4.50. The SMILES string of the molecule is CC(C(=O)c1cnc(C(F)(F)F)s1)c1ccccc1. The third kappa shape index (κ3) is 3.01. The Bertz CT molecular complexity index is 577. The first-order valence-electron chi connectivity index (χ1n) is 5.52. The number of carbonyl (C=O) groups is 1. The van der Waals surface area contributed by atoms with Crippen LogP contribution in [-0.2, 0) is 6.18 Å². The monoisotopic (exact) mass is 285 g/mol. The van der Waals surface area contributed by atoms with Gasteiger partial charge in [0.15, 0.2) is 10.8 Å². The van der Waals surface area contributed by atoms with Gasteiger partial charge in [0.2, 0.25) is 0 Å². The first-order chi connectivity index (χ1) is 8.89. The number of carbonyl (C=O) groups excluding carboxylic acids is 1. The van der Waals surface area contributed by atoms with E-state index in [-0.39, 0.29) is 10.7 Å². The van der Waals surface area contributed by atoms with Gasteiger partial charge < -0.3 is 0 Å². The maximum Gasteiger partial charge on any atom is 0.443 e. The summed E-state index contributed by atoms with van der Waals surface area (Å²) in [6, 6.07) is 8.93. The zero-order valence-corrected chi connectivity index (χ0v) is 10.8. The van der Waals surface area contributed by atoms with Gasteiger partial charge in [0, 0.05) is 12.1 Å². The second-order valence-electron chi connectivity index (χ2n) is 4.02. The molecule has 1 unspecified atom stereocenters. The predicted molar refractivity (Wildman–Crippen MR) is 66.3 cm³/mol. The number of thiazole rings is 1. The molecule has 0 aliphatic carbocycles. The van der Waals surface area contributed by atoms with E-state index in [0.717, 1.165) is 11.8 Å². The second kappa shape index (κ2) is 5.13. The number of ketones is 1. The van der Waals surface area contributed by atoms with Gasteiger partial charge in [0.05, 0.1) is 4.88 Å². The van der Waals surface area contributed by atoms with Gasteiger partial charge in [-0.15, -0.1) is 11.3 Å². The number of hydrogen-bond donors (Lipinski definition) is 0. The van der Waals surface area contributed by atoms with Crippen LogP contribution in [-0.4, -0.2) is 10.8 Å². The highest BCUT2D eigenvalue weighted by Gasteiger charge is 2.35. The Balaban J connectivity index is 2.23. The molecule has 1 aromatic heterocycles. The van der Waals surface area contributed by atoms with E-state index in [4.69, 9.17) is 0 Å². The molecule has 100 valence electrons. The molecule has 2 rings (SSSR count). The molecule has 19 heavy (non-hydrogen) atoms. The molecular weight excluding hydrogens is 275 g/mol. The van der Waals surface area contributed by atoms with Crippen LogP contribution in [0.25, 0.3) is 0 Å². The largest absolute Gasteiger partial charge is 0.443 e. The quantitative estimate of drug-likeness (QED) is 0.793. The molecule has 0 spiro atoms. The smallest absolute Gasteiger partial charge is 0.293 e. The summed E-state index contributed by atoms with van der Waals surface area (Å²) in [7, 11) is 0. The van der Waals surface area contributed by atoms with Crippen LogP contribution in [0.4, 0.5) is 13.2 Å². The zero-order valence-electron chi connectivity index (χ0n) is 9.94. The summed E-state index contributed by atoms with van der Waals surface area (Å²) in [6.07, 6.45) is -3.51. The molecule has 2 nitrogen and oxygen atoms in total. The van der Waals surface area contributed by atoms with Crippen molar-refractivity contribution in [3.8, 4) is 0 Å². The highest BCUT2D eigenvalue weighted by Crippen LogP contribution is 2.34. The molecule has 0 radical (unpaired) electrons. The van der Waals surface area contributed by atoms with E-state index in [1.165, 1.54) is 0 Å². The normalized spacial score (nSPS) is 13.3. The second-order valence-corrected chi connectivity index (χ2v) is 5.05. The summed E-state index contributed by atoms with van der Waals surface area (Å²) in [5.74, 6) is -0.832. The van der Waals surface area contributed by atoms with Crippen molar-refractivity contribution >= 4 is 17.1 Å². The van der Waals surface area contributed by atoms with Gasteiger partial charge >= 0.3 is 6.18 Å². The summed E-state index contributed by atoms with van der Waals surface area (Å²) in [5, 5.41) is -0.990. The first kappa shape index (κ1) is 13.7. The Morgan fingerprint density at radius 2 is 1.89 bits per heavy atom. The molecule has 0 N–H and O–H groups in total. The van der Waals surface area contributed by atoms with E-state index in [1.807, 2.05) is 6.07 Å². The molecule has 0 aliphatic heterocycles. The minimum Gasteiger partial charge on any atom is -0.293 e. The fraction of sp³-hybridized carbons (Fsp3) is 0.231. The Hall–Kier alpha value is -1.69. The van der Waals surface area contributed by atoms with Crippen LogP contribution in [0.5, 0.6) is 0 Å². The Morgan fingerprint density at radius 1 is 1.26 bits per heavy atom. The molecular formula is C13H10F3NOS. The molecule has 0 saturated carbocycles. The maximum atomic E-state index is 12.4. The van der Waals surface area contributed by atoms with E-state index in [1.54, 1.807) is 31.2 Å². The van der Waals surface area contributed by atoms with Crippen LogP contribution in [0, 0.1) is 0 Å². The molecule has 1 heterocycles. The average Bonchev–Trinajstić information content (AvgIpc) is 2.87. The Labute approximate surface area is 111 Å². The van der Waals surface area contributed by atoms with E-state index >= 15 is 0 Å². The van der Waals surface area contributed by atoms with Gasteiger partial charge in [-0.05, 0) is 5.56 Å². The molecule has 0 fully saturated rings. The Morgan fingerprint density at radius 3 is 2.42 bits per heavy atom. The lowest BCUT2D eigenvalue weighted by atomic mass is 9.96. The van der Waals surface area contributed by atoms with Gasteiger partial charge in [-0.3, -0.25) is 4.79 Å². The van der Waals surface area contributed by atoms with Crippen LogP contribution in [0.2, 0.25) is 0 Å². The molecule has 1 atom stereocenters. The molecule has 0 aliphatic rings. The number of rotatable bonds is 3. The van der Waals surface area contributed by atoms with Gasteiger partial charge in [-0.1, -0.05) is 37.3 Å². The van der Waals surface area contributed by atoms with Crippen molar-refractivity contribution in [2.75, 3.05) is 0 Å². The van der Waals surface area contributed by atoms with Crippen LogP contribution in [0.3, 0.4) is 0 Å². The van der Waals surface area contributed by atoms with Crippen molar-refractivity contribution in [1.82, 2.24) is 4.98 Å². The van der Waals surface area contributed by atoms with Crippen molar-refractivity contribution < 1.29 is 18.0 Å². The standard InChI is InChI=1S/C13H10F3NOS/c1-8(9-5-3-2-4-6-9)11(18)10-7-17-12(19-10)13(14,15)16/h2-8H,1H3. The average molecular weight is 285 g/mol. The van der Waals surface area contributed by atoms with Crippen molar-refractivity contribution in [2.24, 2.45) is 0 Å². The van der Waals surface area contributed by atoms with Crippen molar-refractivity contribution in [1.29, 1.82) is 0 Å². The molecule has 0 amide bonds. The van der Waals surface area contributed by atoms with E-state index in [2.05, 4.69) is 4.98 Å². The summed E-state index contributed by atoms with van der Waals surface area (Å²) in [6.45, 7) is 1.67. The van der Waals surface area contributed by atoms with Crippen LogP contribution >= 0.6 is 11.3 Å². The number of alkyl halides is 3. The van der Waals surface area contributed by atoms with Gasteiger partial charge in [0.1, 0.15) is 0 Å². The van der Waals surface area contributed by atoms with Gasteiger partial charge in [-0.25, -0.2) is 4.98 Å².